The molecule has 0 saturated carbocycles. The number of benzene rings is 1. The van der Waals surface area contributed by atoms with E-state index in [1.54, 1.807) is 7.11 Å². The lowest BCUT2D eigenvalue weighted by atomic mass is 9.92. The molecule has 2 aliphatic rings. The van der Waals surface area contributed by atoms with Gasteiger partial charge in [0.2, 0.25) is 0 Å². The van der Waals surface area contributed by atoms with Crippen molar-refractivity contribution in [3.63, 3.8) is 0 Å². The van der Waals surface area contributed by atoms with Gasteiger partial charge in [0.25, 0.3) is 5.91 Å². The van der Waals surface area contributed by atoms with Gasteiger partial charge < -0.3 is 20.1 Å². The Bertz CT molecular complexity index is 740. The summed E-state index contributed by atoms with van der Waals surface area (Å²) in [6.45, 7) is 2.33. The first-order valence-electron chi connectivity index (χ1n) is 8.08. The molecular weight excluding hydrogens is 324 g/mol. The van der Waals surface area contributed by atoms with Crippen molar-refractivity contribution in [3.8, 4) is 16.2 Å². The van der Waals surface area contributed by atoms with E-state index in [9.17, 15) is 4.79 Å². The average Bonchev–Trinajstić information content (AvgIpc) is 3.19. The number of amides is 1. The highest BCUT2D eigenvalue weighted by Gasteiger charge is 2.45. The van der Waals surface area contributed by atoms with E-state index >= 15 is 0 Å². The minimum atomic E-state index is -0.0861. The van der Waals surface area contributed by atoms with Crippen LogP contribution in [0.1, 0.15) is 16.1 Å². The Morgan fingerprint density at radius 1 is 1.38 bits per heavy atom. The van der Waals surface area contributed by atoms with Crippen molar-refractivity contribution in [1.29, 1.82) is 0 Å². The third-order valence-corrected chi connectivity index (χ3v) is 5.79. The summed E-state index contributed by atoms with van der Waals surface area (Å²) in [4.78, 5) is 14.3. The molecular formula is C18H20N2O3S. The molecule has 3 heterocycles. The van der Waals surface area contributed by atoms with Crippen molar-refractivity contribution in [2.45, 2.75) is 18.1 Å². The third-order valence-electron chi connectivity index (χ3n) is 4.62. The predicted octanol–water partition coefficient (Wildman–Crippen LogP) is 2.28. The van der Waals surface area contributed by atoms with E-state index < -0.39 is 0 Å². The molecule has 2 N–H and O–H groups in total. The van der Waals surface area contributed by atoms with Gasteiger partial charge in [-0.1, -0.05) is 30.3 Å². The maximum Gasteiger partial charge on any atom is 0.265 e. The van der Waals surface area contributed by atoms with Crippen LogP contribution in [0.3, 0.4) is 0 Å². The summed E-state index contributed by atoms with van der Waals surface area (Å²) in [5, 5.41) is 6.33. The number of hydrogen-bond donors (Lipinski definition) is 2. The number of rotatable bonds is 4. The monoisotopic (exact) mass is 344 g/mol. The first-order chi connectivity index (χ1) is 11.7. The maximum absolute atomic E-state index is 12.7. The SMILES string of the molecule is COc1cc(-c2ccccc2)sc1C(=O)NC1COC2(CNC2)C1. The van der Waals surface area contributed by atoms with Crippen LogP contribution in [0.5, 0.6) is 5.75 Å². The van der Waals surface area contributed by atoms with E-state index in [1.165, 1.54) is 11.3 Å². The normalized spacial score (nSPS) is 21.5. The summed E-state index contributed by atoms with van der Waals surface area (Å²) in [6.07, 6.45) is 0.866. The Kier molecular flexibility index (Phi) is 4.04. The van der Waals surface area contributed by atoms with Gasteiger partial charge in [0.1, 0.15) is 10.6 Å². The first-order valence-corrected chi connectivity index (χ1v) is 8.90. The summed E-state index contributed by atoms with van der Waals surface area (Å²) < 4.78 is 11.3. The van der Waals surface area contributed by atoms with E-state index in [-0.39, 0.29) is 17.6 Å². The number of ether oxygens (including phenoxy) is 2. The molecule has 1 atom stereocenters. The van der Waals surface area contributed by atoms with Gasteiger partial charge in [-0.05, 0) is 11.6 Å². The lowest BCUT2D eigenvalue weighted by Crippen LogP contribution is -2.59. The fourth-order valence-electron chi connectivity index (χ4n) is 3.27. The van der Waals surface area contributed by atoms with Crippen LogP contribution in [0, 0.1) is 0 Å². The van der Waals surface area contributed by atoms with Gasteiger partial charge in [-0.2, -0.15) is 0 Å². The van der Waals surface area contributed by atoms with Crippen molar-refractivity contribution in [2.24, 2.45) is 0 Å². The second-order valence-electron chi connectivity index (χ2n) is 6.35. The maximum atomic E-state index is 12.7. The zero-order valence-corrected chi connectivity index (χ0v) is 14.3. The number of methoxy groups -OCH3 is 1. The van der Waals surface area contributed by atoms with Gasteiger partial charge in [-0.25, -0.2) is 0 Å². The first kappa shape index (κ1) is 15.6. The zero-order chi connectivity index (χ0) is 16.6. The van der Waals surface area contributed by atoms with Crippen LogP contribution in [0.2, 0.25) is 0 Å². The van der Waals surface area contributed by atoms with E-state index in [1.807, 2.05) is 36.4 Å². The smallest absolute Gasteiger partial charge is 0.265 e. The van der Waals surface area contributed by atoms with Crippen LogP contribution < -0.4 is 15.4 Å². The molecule has 2 aliphatic heterocycles. The van der Waals surface area contributed by atoms with Crippen LogP contribution in [0.4, 0.5) is 0 Å². The van der Waals surface area contributed by atoms with Crippen LogP contribution in [0.15, 0.2) is 36.4 Å². The third kappa shape index (κ3) is 2.81. The molecule has 2 aromatic rings. The molecule has 0 bridgehead atoms. The number of hydrogen-bond acceptors (Lipinski definition) is 5. The van der Waals surface area contributed by atoms with Crippen LogP contribution in [-0.2, 0) is 4.74 Å². The Morgan fingerprint density at radius 3 is 2.79 bits per heavy atom. The molecule has 24 heavy (non-hydrogen) atoms. The summed E-state index contributed by atoms with van der Waals surface area (Å²) >= 11 is 1.46. The second kappa shape index (κ2) is 6.20. The summed E-state index contributed by atoms with van der Waals surface area (Å²) in [7, 11) is 1.60. The highest BCUT2D eigenvalue weighted by molar-refractivity contribution is 7.17. The standard InChI is InChI=1S/C18H20N2O3S/c1-22-14-7-15(12-5-3-2-4-6-12)24-16(14)17(21)20-13-8-18(23-9-13)10-19-11-18/h2-7,13,19H,8-11H2,1H3,(H,20,21). The van der Waals surface area contributed by atoms with Gasteiger partial charge in [0.05, 0.1) is 25.4 Å². The molecule has 4 rings (SSSR count). The number of thiophene rings is 1. The van der Waals surface area contributed by atoms with Crippen molar-refractivity contribution in [1.82, 2.24) is 10.6 Å². The highest BCUT2D eigenvalue weighted by Crippen LogP contribution is 2.36. The van der Waals surface area contributed by atoms with E-state index in [0.29, 0.717) is 17.2 Å². The molecule has 2 saturated heterocycles. The molecule has 0 aliphatic carbocycles. The van der Waals surface area contributed by atoms with Crippen LogP contribution in [-0.4, -0.2) is 44.4 Å². The molecule has 0 radical (unpaired) electrons. The molecule has 126 valence electrons. The number of carbonyl (C=O) groups is 1. The van der Waals surface area contributed by atoms with Gasteiger partial charge >= 0.3 is 0 Å². The molecule has 2 fully saturated rings. The topological polar surface area (TPSA) is 59.6 Å². The van der Waals surface area contributed by atoms with Crippen molar-refractivity contribution < 1.29 is 14.3 Å². The van der Waals surface area contributed by atoms with E-state index in [2.05, 4.69) is 10.6 Å². The Morgan fingerprint density at radius 2 is 2.17 bits per heavy atom. The Balaban J connectivity index is 1.50. The summed E-state index contributed by atoms with van der Waals surface area (Å²) in [5.41, 5.74) is 1.02. The predicted molar refractivity (Wildman–Crippen MR) is 93.7 cm³/mol. The van der Waals surface area contributed by atoms with Gasteiger partial charge in [-0.15, -0.1) is 11.3 Å². The zero-order valence-electron chi connectivity index (χ0n) is 13.5. The Labute approximate surface area is 145 Å². The minimum absolute atomic E-state index is 0.0616. The van der Waals surface area contributed by atoms with Crippen molar-refractivity contribution in [2.75, 3.05) is 26.8 Å². The van der Waals surface area contributed by atoms with Gasteiger partial charge in [0, 0.05) is 24.4 Å². The molecule has 1 unspecified atom stereocenters. The lowest BCUT2D eigenvalue weighted by Gasteiger charge is -2.38. The van der Waals surface area contributed by atoms with Crippen molar-refractivity contribution >= 4 is 17.2 Å². The van der Waals surface area contributed by atoms with Crippen LogP contribution in [0.25, 0.3) is 10.4 Å². The second-order valence-corrected chi connectivity index (χ2v) is 7.40. The molecule has 1 amide bonds. The minimum Gasteiger partial charge on any atom is -0.495 e. The fourth-order valence-corrected chi connectivity index (χ4v) is 4.30. The fraction of sp³-hybridized carbons (Fsp3) is 0.389. The van der Waals surface area contributed by atoms with Crippen LogP contribution >= 0.6 is 11.3 Å². The van der Waals surface area contributed by atoms with Crippen molar-refractivity contribution in [3.05, 3.63) is 41.3 Å². The summed E-state index contributed by atoms with van der Waals surface area (Å²) in [6, 6.07) is 12.0. The largest absolute Gasteiger partial charge is 0.495 e. The highest BCUT2D eigenvalue weighted by atomic mass is 32.1. The Hall–Kier alpha value is -1.89. The summed E-state index contributed by atoms with van der Waals surface area (Å²) in [5.74, 6) is 0.534. The number of nitrogens with one attached hydrogen (secondary N) is 2. The molecule has 1 aromatic heterocycles. The van der Waals surface area contributed by atoms with Gasteiger partial charge in [0.15, 0.2) is 0 Å². The quantitative estimate of drug-likeness (QED) is 0.893. The molecule has 6 heteroatoms. The molecule has 5 nitrogen and oxygen atoms in total. The number of carbonyl (C=O) groups excluding carboxylic acids is 1. The van der Waals surface area contributed by atoms with Gasteiger partial charge in [-0.3, -0.25) is 4.79 Å². The molecule has 1 spiro atoms. The van der Waals surface area contributed by atoms with E-state index in [4.69, 9.17) is 9.47 Å². The average molecular weight is 344 g/mol. The van der Waals surface area contributed by atoms with E-state index in [0.717, 1.165) is 30.0 Å². The molecule has 1 aromatic carbocycles. The lowest BCUT2D eigenvalue weighted by molar-refractivity contribution is -0.0360.